The van der Waals surface area contributed by atoms with Crippen molar-refractivity contribution >= 4 is 29.4 Å². The van der Waals surface area contributed by atoms with E-state index in [-0.39, 0.29) is 19.4 Å². The maximum Gasteiger partial charge on any atom is 0.332 e. The number of aliphatic hydroxyl groups is 2. The van der Waals surface area contributed by atoms with Gasteiger partial charge in [-0.15, -0.1) is 0 Å². The van der Waals surface area contributed by atoms with Gasteiger partial charge in [0.2, 0.25) is 0 Å². The minimum atomic E-state index is -1.69. The van der Waals surface area contributed by atoms with Gasteiger partial charge in [0, 0.05) is 24.0 Å². The summed E-state index contributed by atoms with van der Waals surface area (Å²) in [6.45, 7) is 0.157. The highest BCUT2D eigenvalue weighted by Gasteiger charge is 2.33. The van der Waals surface area contributed by atoms with Gasteiger partial charge in [-0.2, -0.15) is 0 Å². The molecule has 0 aliphatic carbocycles. The summed E-state index contributed by atoms with van der Waals surface area (Å²) in [6.07, 6.45) is -0.399. The number of aliphatic carboxylic acids is 1. The summed E-state index contributed by atoms with van der Waals surface area (Å²) in [5.41, 5.74) is 2.67. The Morgan fingerprint density at radius 2 is 1.85 bits per heavy atom. The summed E-state index contributed by atoms with van der Waals surface area (Å²) in [7, 11) is 0. The average Bonchev–Trinajstić information content (AvgIpc) is 3.27. The van der Waals surface area contributed by atoms with Gasteiger partial charge in [0.25, 0.3) is 0 Å². The van der Waals surface area contributed by atoms with Crippen molar-refractivity contribution in [3.63, 3.8) is 0 Å². The number of nitrogens with zero attached hydrogens (tertiary/aromatic N) is 1. The molecular weight excluding hydrogens is 448 g/mol. The first-order chi connectivity index (χ1) is 15.8. The van der Waals surface area contributed by atoms with E-state index in [2.05, 4.69) is 5.32 Å². The number of hydrogen-bond donors (Lipinski definition) is 4. The number of halogens is 1. The summed E-state index contributed by atoms with van der Waals surface area (Å²) in [5.74, 6) is -3.05. The van der Waals surface area contributed by atoms with Crippen molar-refractivity contribution in [1.29, 1.82) is 0 Å². The van der Waals surface area contributed by atoms with Crippen LogP contribution in [0.5, 0.6) is 0 Å². The molecule has 1 aliphatic heterocycles. The van der Waals surface area contributed by atoms with Crippen LogP contribution in [-0.2, 0) is 20.8 Å². The predicted octanol–water partition coefficient (Wildman–Crippen LogP) is 1.85. The Labute approximate surface area is 196 Å². The van der Waals surface area contributed by atoms with Gasteiger partial charge in [-0.05, 0) is 48.1 Å². The normalized spacial score (nSPS) is 17.4. The van der Waals surface area contributed by atoms with Gasteiger partial charge in [-0.3, -0.25) is 9.59 Å². The molecule has 33 heavy (non-hydrogen) atoms. The molecule has 176 valence electrons. The molecule has 1 heterocycles. The molecule has 1 saturated heterocycles. The molecule has 8 nitrogen and oxygen atoms in total. The van der Waals surface area contributed by atoms with Gasteiger partial charge in [-0.25, -0.2) is 4.79 Å². The van der Waals surface area contributed by atoms with Crippen molar-refractivity contribution in [3.05, 3.63) is 59.1 Å². The maximum atomic E-state index is 12.6. The van der Waals surface area contributed by atoms with Crippen LogP contribution < -0.4 is 5.32 Å². The van der Waals surface area contributed by atoms with Crippen molar-refractivity contribution in [2.45, 2.75) is 43.9 Å². The van der Waals surface area contributed by atoms with Crippen LogP contribution >= 0.6 is 11.6 Å². The number of carbonyl (C=O) groups is 3. The summed E-state index contributed by atoms with van der Waals surface area (Å²) >= 11 is 6.05. The standard InChI is InChI=1S/C24H27ClN2O6/c25-18-4-1-3-17(12-18)16-8-6-15(7-9-16)11-19(13-21(29)24(32)33)26-22(30)23(31)27-10-2-5-20(27)14-28/h1,3-4,6-9,12,19-21,28-29H,2,5,10-11,13-14H2,(H,26,30)(H,32,33)/t19-,20?,21-/m1/s1. The fraction of sp³-hybridized carbons (Fsp3) is 0.375. The number of carboxylic acid groups (broad SMARTS) is 1. The Balaban J connectivity index is 1.71. The molecule has 1 unspecified atom stereocenters. The van der Waals surface area contributed by atoms with Crippen LogP contribution in [0.1, 0.15) is 24.8 Å². The number of amides is 2. The third-order valence-corrected chi connectivity index (χ3v) is 6.00. The molecule has 2 aromatic carbocycles. The lowest BCUT2D eigenvalue weighted by Gasteiger charge is -2.25. The maximum absolute atomic E-state index is 12.6. The van der Waals surface area contributed by atoms with Gasteiger partial charge >= 0.3 is 17.8 Å². The van der Waals surface area contributed by atoms with E-state index in [1.165, 1.54) is 4.90 Å². The van der Waals surface area contributed by atoms with Gasteiger partial charge < -0.3 is 25.5 Å². The molecule has 0 radical (unpaired) electrons. The van der Waals surface area contributed by atoms with Crippen LogP contribution in [0.4, 0.5) is 0 Å². The Kier molecular flexibility index (Phi) is 8.43. The molecule has 2 aromatic rings. The Hall–Kier alpha value is -2.94. The highest BCUT2D eigenvalue weighted by atomic mass is 35.5. The highest BCUT2D eigenvalue weighted by molar-refractivity contribution is 6.35. The molecule has 0 aromatic heterocycles. The summed E-state index contributed by atoms with van der Waals surface area (Å²) in [5, 5.41) is 31.5. The second kappa shape index (κ2) is 11.3. The van der Waals surface area contributed by atoms with E-state index in [0.717, 1.165) is 16.7 Å². The second-order valence-electron chi connectivity index (χ2n) is 8.15. The highest BCUT2D eigenvalue weighted by Crippen LogP contribution is 2.23. The topological polar surface area (TPSA) is 127 Å². The first kappa shape index (κ1) is 24.7. The lowest BCUT2D eigenvalue weighted by atomic mass is 9.97. The zero-order valence-corrected chi connectivity index (χ0v) is 18.7. The Bertz CT molecular complexity index is 997. The summed E-state index contributed by atoms with van der Waals surface area (Å²) < 4.78 is 0. The first-order valence-corrected chi connectivity index (χ1v) is 11.1. The van der Waals surface area contributed by atoms with Crippen LogP contribution in [-0.4, -0.2) is 69.3 Å². The number of carbonyl (C=O) groups excluding carboxylic acids is 2. The van der Waals surface area contributed by atoms with Gasteiger partial charge in [0.1, 0.15) is 0 Å². The molecule has 3 atom stereocenters. The van der Waals surface area contributed by atoms with E-state index in [1.54, 1.807) is 6.07 Å². The number of benzene rings is 2. The minimum absolute atomic E-state index is 0.223. The Morgan fingerprint density at radius 3 is 2.48 bits per heavy atom. The van der Waals surface area contributed by atoms with Gasteiger partial charge in [0.15, 0.2) is 6.10 Å². The quantitative estimate of drug-likeness (QED) is 0.432. The molecule has 2 amide bonds. The second-order valence-corrected chi connectivity index (χ2v) is 8.59. The molecule has 3 rings (SSSR count). The van der Waals surface area contributed by atoms with Crippen LogP contribution in [0.15, 0.2) is 48.5 Å². The summed E-state index contributed by atoms with van der Waals surface area (Å²) in [6, 6.07) is 13.7. The minimum Gasteiger partial charge on any atom is -0.479 e. The monoisotopic (exact) mass is 474 g/mol. The van der Waals surface area contributed by atoms with E-state index >= 15 is 0 Å². The number of hydrogen-bond acceptors (Lipinski definition) is 5. The Morgan fingerprint density at radius 1 is 1.12 bits per heavy atom. The molecule has 0 saturated carbocycles. The van der Waals surface area contributed by atoms with Crippen molar-refractivity contribution < 1.29 is 29.7 Å². The SMILES string of the molecule is O=C(N[C@H](Cc1ccc(-c2cccc(Cl)c2)cc1)C[C@@H](O)C(=O)O)C(=O)N1CCCC1CO. The van der Waals surface area contributed by atoms with Gasteiger partial charge in [0.05, 0.1) is 12.6 Å². The zero-order chi connectivity index (χ0) is 24.0. The summed E-state index contributed by atoms with van der Waals surface area (Å²) in [4.78, 5) is 37.6. The van der Waals surface area contributed by atoms with Crippen LogP contribution in [0.2, 0.25) is 5.02 Å². The van der Waals surface area contributed by atoms with Gasteiger partial charge in [-0.1, -0.05) is 48.0 Å². The van der Waals surface area contributed by atoms with E-state index in [1.807, 2.05) is 42.5 Å². The first-order valence-electron chi connectivity index (χ1n) is 10.8. The van der Waals surface area contributed by atoms with Crippen molar-refractivity contribution in [2.75, 3.05) is 13.2 Å². The smallest absolute Gasteiger partial charge is 0.332 e. The lowest BCUT2D eigenvalue weighted by Crippen LogP contribution is -2.50. The molecule has 9 heteroatoms. The van der Waals surface area contributed by atoms with Crippen molar-refractivity contribution in [3.8, 4) is 11.1 Å². The fourth-order valence-corrected chi connectivity index (χ4v) is 4.21. The van der Waals surface area contributed by atoms with E-state index in [4.69, 9.17) is 16.7 Å². The van der Waals surface area contributed by atoms with Crippen LogP contribution in [0.3, 0.4) is 0 Å². The lowest BCUT2D eigenvalue weighted by molar-refractivity contribution is -0.149. The molecule has 0 spiro atoms. The zero-order valence-electron chi connectivity index (χ0n) is 18.0. The van der Waals surface area contributed by atoms with Crippen LogP contribution in [0, 0.1) is 0 Å². The number of carboxylic acids is 1. The molecule has 0 bridgehead atoms. The molecule has 1 aliphatic rings. The van der Waals surface area contributed by atoms with Crippen molar-refractivity contribution in [1.82, 2.24) is 10.2 Å². The fourth-order valence-electron chi connectivity index (χ4n) is 4.02. The predicted molar refractivity (Wildman–Crippen MR) is 123 cm³/mol. The number of rotatable bonds is 8. The molecule has 1 fully saturated rings. The molecule has 4 N–H and O–H groups in total. The van der Waals surface area contributed by atoms with Crippen LogP contribution in [0.25, 0.3) is 11.1 Å². The number of nitrogens with one attached hydrogen (secondary N) is 1. The third kappa shape index (κ3) is 6.54. The van der Waals surface area contributed by atoms with Crippen molar-refractivity contribution in [2.24, 2.45) is 0 Å². The largest absolute Gasteiger partial charge is 0.479 e. The average molecular weight is 475 g/mol. The third-order valence-electron chi connectivity index (χ3n) is 5.77. The number of likely N-dealkylation sites (tertiary alicyclic amines) is 1. The van der Waals surface area contributed by atoms with E-state index in [9.17, 15) is 24.6 Å². The molecular formula is C24H27ClN2O6. The van der Waals surface area contributed by atoms with E-state index in [0.29, 0.717) is 24.4 Å². The van der Waals surface area contributed by atoms with E-state index < -0.39 is 36.0 Å². The number of aliphatic hydroxyl groups excluding tert-OH is 2.